The summed E-state index contributed by atoms with van der Waals surface area (Å²) in [6, 6.07) is 14.3. The Hall–Kier alpha value is -3.94. The second-order valence-corrected chi connectivity index (χ2v) is 9.51. The van der Waals surface area contributed by atoms with Gasteiger partial charge in [-0.2, -0.15) is 0 Å². The van der Waals surface area contributed by atoms with Gasteiger partial charge >= 0.3 is 5.97 Å². The van der Waals surface area contributed by atoms with E-state index in [2.05, 4.69) is 42.5 Å². The molecule has 2 heterocycles. The van der Waals surface area contributed by atoms with E-state index < -0.39 is 16.0 Å². The summed E-state index contributed by atoms with van der Waals surface area (Å²) in [5, 5.41) is 9.53. The van der Waals surface area contributed by atoms with Gasteiger partial charge in [0.05, 0.1) is 18.3 Å². The summed E-state index contributed by atoms with van der Waals surface area (Å²) in [4.78, 5) is 19.0. The van der Waals surface area contributed by atoms with Crippen molar-refractivity contribution in [3.63, 3.8) is 0 Å². The van der Waals surface area contributed by atoms with Crippen LogP contribution in [-0.4, -0.2) is 36.6 Å². The minimum absolute atomic E-state index is 0.00348. The topological polar surface area (TPSA) is 118 Å². The number of nitrogens with one attached hydrogen (secondary N) is 1. The Labute approximate surface area is 203 Å². The molecule has 0 saturated carbocycles. The molecule has 34 heavy (non-hydrogen) atoms. The maximum absolute atomic E-state index is 13.3. The van der Waals surface area contributed by atoms with Crippen LogP contribution in [0, 0.1) is 11.8 Å². The zero-order valence-electron chi connectivity index (χ0n) is 17.6. The monoisotopic (exact) mass is 537 g/mol. The number of benzene rings is 2. The predicted molar refractivity (Wildman–Crippen MR) is 130 cm³/mol. The van der Waals surface area contributed by atoms with Crippen molar-refractivity contribution in [1.29, 1.82) is 0 Å². The van der Waals surface area contributed by atoms with Gasteiger partial charge in [0.2, 0.25) is 0 Å². The molecule has 0 aliphatic heterocycles. The number of anilines is 1. The lowest BCUT2D eigenvalue weighted by atomic mass is 10.1. The summed E-state index contributed by atoms with van der Waals surface area (Å²) in [5.41, 5.74) is 1.34. The van der Waals surface area contributed by atoms with Crippen molar-refractivity contribution in [2.45, 2.75) is 4.90 Å². The quantitative estimate of drug-likeness (QED) is 0.364. The highest BCUT2D eigenvalue weighted by Crippen LogP contribution is 2.31. The van der Waals surface area contributed by atoms with E-state index in [1.54, 1.807) is 36.4 Å². The largest absolute Gasteiger partial charge is 0.496 e. The van der Waals surface area contributed by atoms with E-state index in [-0.39, 0.29) is 21.8 Å². The Morgan fingerprint density at radius 3 is 2.62 bits per heavy atom. The average molecular weight is 538 g/mol. The summed E-state index contributed by atoms with van der Waals surface area (Å²) in [6.45, 7) is 0. The molecule has 0 aliphatic rings. The van der Waals surface area contributed by atoms with Gasteiger partial charge in [-0.1, -0.05) is 27.8 Å². The minimum Gasteiger partial charge on any atom is -0.496 e. The molecule has 0 amide bonds. The SMILES string of the molecule is COc1ccc(S(=O)(=O)Nc2cc(Br)ccc2C#Cc2ccc(C(=O)O)nc2)c2ncccc12. The fourth-order valence-corrected chi connectivity index (χ4v) is 4.75. The second kappa shape index (κ2) is 9.51. The molecule has 10 heteroatoms. The summed E-state index contributed by atoms with van der Waals surface area (Å²) in [6.07, 6.45) is 2.86. The molecule has 2 aromatic carbocycles. The van der Waals surface area contributed by atoms with Crippen LogP contribution < -0.4 is 9.46 Å². The van der Waals surface area contributed by atoms with Crippen molar-refractivity contribution in [3.05, 3.63) is 88.3 Å². The van der Waals surface area contributed by atoms with Gasteiger partial charge in [-0.3, -0.25) is 9.71 Å². The summed E-state index contributed by atoms with van der Waals surface area (Å²) < 4.78 is 35.2. The lowest BCUT2D eigenvalue weighted by molar-refractivity contribution is 0.0690. The van der Waals surface area contributed by atoms with Crippen LogP contribution in [0.15, 0.2) is 76.4 Å². The Morgan fingerprint density at radius 2 is 1.91 bits per heavy atom. The molecule has 4 rings (SSSR count). The molecular formula is C24H16BrN3O5S. The number of carboxylic acid groups (broad SMARTS) is 1. The zero-order valence-corrected chi connectivity index (χ0v) is 20.0. The third-order valence-electron chi connectivity index (χ3n) is 4.75. The van der Waals surface area contributed by atoms with E-state index in [4.69, 9.17) is 9.84 Å². The summed E-state index contributed by atoms with van der Waals surface area (Å²) >= 11 is 3.36. The van der Waals surface area contributed by atoms with E-state index in [1.165, 1.54) is 37.7 Å². The first-order valence-electron chi connectivity index (χ1n) is 9.74. The maximum atomic E-state index is 13.3. The number of fused-ring (bicyclic) bond motifs is 1. The fraction of sp³-hybridized carbons (Fsp3) is 0.0417. The highest BCUT2D eigenvalue weighted by Gasteiger charge is 2.21. The number of nitrogens with zero attached hydrogens (tertiary/aromatic N) is 2. The first kappa shape index (κ1) is 23.2. The molecule has 0 atom stereocenters. The molecule has 0 saturated heterocycles. The van der Waals surface area contributed by atoms with Crippen LogP contribution in [0.3, 0.4) is 0 Å². The lowest BCUT2D eigenvalue weighted by Gasteiger charge is -2.13. The minimum atomic E-state index is -4.04. The van der Waals surface area contributed by atoms with Crippen molar-refractivity contribution in [3.8, 4) is 17.6 Å². The Bertz CT molecular complexity index is 1580. The van der Waals surface area contributed by atoms with Crippen LogP contribution in [-0.2, 0) is 10.0 Å². The molecule has 0 radical (unpaired) electrons. The predicted octanol–water partition coefficient (Wildman–Crippen LogP) is 4.30. The van der Waals surface area contributed by atoms with Crippen LogP contribution in [0.25, 0.3) is 10.9 Å². The van der Waals surface area contributed by atoms with E-state index in [1.807, 2.05) is 0 Å². The number of ether oxygens (including phenoxy) is 1. The number of methoxy groups -OCH3 is 1. The van der Waals surface area contributed by atoms with Gasteiger partial charge in [0.1, 0.15) is 16.3 Å². The summed E-state index contributed by atoms with van der Waals surface area (Å²) in [7, 11) is -2.53. The average Bonchev–Trinajstić information content (AvgIpc) is 2.82. The standard InChI is InChI=1S/C24H16BrN3O5S/c1-33-21-10-11-22(23-18(21)3-2-12-26-23)34(31,32)28-20-13-17(25)8-7-16(20)6-4-15-5-9-19(24(29)30)27-14-15/h2-3,5,7-14,28H,1H3,(H,29,30). The Kier molecular flexibility index (Phi) is 6.49. The fourth-order valence-electron chi connectivity index (χ4n) is 3.16. The molecule has 0 fully saturated rings. The van der Waals surface area contributed by atoms with Gasteiger partial charge in [-0.15, -0.1) is 0 Å². The van der Waals surface area contributed by atoms with E-state index in [9.17, 15) is 13.2 Å². The van der Waals surface area contributed by atoms with E-state index in [0.717, 1.165) is 0 Å². The summed E-state index contributed by atoms with van der Waals surface area (Å²) in [5.74, 6) is 5.16. The zero-order chi connectivity index (χ0) is 24.3. The second-order valence-electron chi connectivity index (χ2n) is 6.95. The number of halogens is 1. The van der Waals surface area contributed by atoms with Crippen molar-refractivity contribution < 1.29 is 23.1 Å². The van der Waals surface area contributed by atoms with Crippen LogP contribution in [0.5, 0.6) is 5.75 Å². The normalized spacial score (nSPS) is 10.9. The van der Waals surface area contributed by atoms with Crippen molar-refractivity contribution >= 4 is 48.5 Å². The highest BCUT2D eigenvalue weighted by molar-refractivity contribution is 9.10. The molecule has 4 aromatic rings. The van der Waals surface area contributed by atoms with Gasteiger partial charge < -0.3 is 9.84 Å². The van der Waals surface area contributed by atoms with Crippen molar-refractivity contribution in [1.82, 2.24) is 9.97 Å². The van der Waals surface area contributed by atoms with Crippen LogP contribution in [0.1, 0.15) is 21.6 Å². The van der Waals surface area contributed by atoms with E-state index >= 15 is 0 Å². The number of carbonyl (C=O) groups is 1. The first-order chi connectivity index (χ1) is 16.3. The van der Waals surface area contributed by atoms with Gasteiger partial charge in [0.25, 0.3) is 10.0 Å². The van der Waals surface area contributed by atoms with Crippen molar-refractivity contribution in [2.75, 3.05) is 11.8 Å². The maximum Gasteiger partial charge on any atom is 0.354 e. The van der Waals surface area contributed by atoms with Crippen LogP contribution >= 0.6 is 15.9 Å². The molecule has 2 N–H and O–H groups in total. The number of carboxylic acids is 1. The van der Waals surface area contributed by atoms with Gasteiger partial charge in [-0.05, 0) is 54.6 Å². The van der Waals surface area contributed by atoms with Crippen LogP contribution in [0.4, 0.5) is 5.69 Å². The van der Waals surface area contributed by atoms with Gasteiger partial charge in [-0.25, -0.2) is 18.2 Å². The smallest absolute Gasteiger partial charge is 0.354 e. The molecular weight excluding hydrogens is 522 g/mol. The third kappa shape index (κ3) is 4.85. The number of pyridine rings is 2. The molecule has 0 unspecified atom stereocenters. The van der Waals surface area contributed by atoms with Crippen molar-refractivity contribution in [2.24, 2.45) is 0 Å². The lowest BCUT2D eigenvalue weighted by Crippen LogP contribution is -2.15. The highest BCUT2D eigenvalue weighted by atomic mass is 79.9. The van der Waals surface area contributed by atoms with E-state index in [0.29, 0.717) is 26.7 Å². The van der Waals surface area contributed by atoms with Gasteiger partial charge in [0, 0.05) is 33.4 Å². The number of hydrogen-bond acceptors (Lipinski definition) is 6. The molecule has 0 aliphatic carbocycles. The number of sulfonamides is 1. The molecule has 2 aromatic heterocycles. The molecule has 170 valence electrons. The van der Waals surface area contributed by atoms with Crippen LogP contribution in [0.2, 0.25) is 0 Å². The Morgan fingerprint density at radius 1 is 1.09 bits per heavy atom. The third-order valence-corrected chi connectivity index (χ3v) is 6.64. The van der Waals surface area contributed by atoms with Gasteiger partial charge in [0.15, 0.2) is 0 Å². The Balaban J connectivity index is 1.72. The number of aromatic carboxylic acids is 1. The number of hydrogen-bond donors (Lipinski definition) is 2. The molecule has 8 nitrogen and oxygen atoms in total. The molecule has 0 spiro atoms. The number of rotatable bonds is 5. The number of aromatic nitrogens is 2. The molecule has 0 bridgehead atoms. The first-order valence-corrected chi connectivity index (χ1v) is 12.0.